The zero-order valence-corrected chi connectivity index (χ0v) is 16.1. The van der Waals surface area contributed by atoms with Gasteiger partial charge in [0.15, 0.2) is 5.76 Å². The third-order valence-electron chi connectivity index (χ3n) is 4.77. The van der Waals surface area contributed by atoms with E-state index in [2.05, 4.69) is 23.9 Å². The number of hydrogen-bond donors (Lipinski definition) is 0. The van der Waals surface area contributed by atoms with Gasteiger partial charge in [0.1, 0.15) is 5.69 Å². The summed E-state index contributed by atoms with van der Waals surface area (Å²) in [6.45, 7) is 8.49. The molecule has 140 valence electrons. The van der Waals surface area contributed by atoms with Crippen LogP contribution in [0.3, 0.4) is 0 Å². The fourth-order valence-corrected chi connectivity index (χ4v) is 3.55. The topological polar surface area (TPSA) is 58.8 Å². The molecule has 0 spiro atoms. The third kappa shape index (κ3) is 4.02. The van der Waals surface area contributed by atoms with E-state index in [1.807, 2.05) is 37.3 Å². The van der Waals surface area contributed by atoms with E-state index in [9.17, 15) is 4.79 Å². The molecule has 1 aromatic heterocycles. The Morgan fingerprint density at radius 2 is 2.23 bits per heavy atom. The van der Waals surface area contributed by atoms with Gasteiger partial charge in [0.05, 0.1) is 12.6 Å². The molecule has 1 saturated heterocycles. The predicted molar refractivity (Wildman–Crippen MR) is 100 cm³/mol. The average molecular weight is 378 g/mol. The van der Waals surface area contributed by atoms with Gasteiger partial charge in [0.25, 0.3) is 0 Å². The van der Waals surface area contributed by atoms with Crippen LogP contribution in [0.4, 0.5) is 4.79 Å². The maximum Gasteiger partial charge on any atom is 0.409 e. The molecule has 1 aromatic carbocycles. The van der Waals surface area contributed by atoms with Gasteiger partial charge in [-0.15, -0.1) is 0 Å². The van der Waals surface area contributed by atoms with Crippen molar-refractivity contribution in [2.75, 3.05) is 26.2 Å². The second-order valence-electron chi connectivity index (χ2n) is 6.53. The van der Waals surface area contributed by atoms with E-state index in [0.29, 0.717) is 30.5 Å². The Hall–Kier alpha value is -2.05. The second-order valence-corrected chi connectivity index (χ2v) is 6.97. The van der Waals surface area contributed by atoms with Crippen LogP contribution in [0.15, 0.2) is 34.9 Å². The molecular formula is C19H24ClN3O3. The molecule has 0 aliphatic carbocycles. The molecule has 2 aromatic rings. The average Bonchev–Trinajstić information content (AvgIpc) is 3.11. The van der Waals surface area contributed by atoms with Gasteiger partial charge < -0.3 is 14.2 Å². The van der Waals surface area contributed by atoms with E-state index in [4.69, 9.17) is 20.9 Å². The first-order chi connectivity index (χ1) is 12.5. The minimum absolute atomic E-state index is 0.0889. The lowest BCUT2D eigenvalue weighted by atomic mass is 10.1. The lowest BCUT2D eigenvalue weighted by Crippen LogP contribution is -2.54. The monoisotopic (exact) mass is 377 g/mol. The number of aromatic nitrogens is 1. The van der Waals surface area contributed by atoms with Gasteiger partial charge >= 0.3 is 6.09 Å². The maximum atomic E-state index is 11.9. The summed E-state index contributed by atoms with van der Waals surface area (Å²) in [6.07, 6.45) is -0.240. The zero-order valence-electron chi connectivity index (χ0n) is 15.3. The summed E-state index contributed by atoms with van der Waals surface area (Å²) >= 11 is 6.05. The fraction of sp³-hybridized carbons (Fsp3) is 0.474. The number of nitrogens with zero attached hydrogens (tertiary/aromatic N) is 3. The summed E-state index contributed by atoms with van der Waals surface area (Å²) < 4.78 is 10.6. The molecule has 3 rings (SSSR count). The summed E-state index contributed by atoms with van der Waals surface area (Å²) in [7, 11) is 0. The van der Waals surface area contributed by atoms with Crippen molar-refractivity contribution in [2.24, 2.45) is 0 Å². The fourth-order valence-electron chi connectivity index (χ4n) is 3.36. The van der Waals surface area contributed by atoms with E-state index in [1.54, 1.807) is 4.90 Å². The Balaban J connectivity index is 1.68. The highest BCUT2D eigenvalue weighted by atomic mass is 35.5. The van der Waals surface area contributed by atoms with Crippen LogP contribution >= 0.6 is 11.6 Å². The smallest absolute Gasteiger partial charge is 0.409 e. The van der Waals surface area contributed by atoms with Crippen LogP contribution in [0, 0.1) is 0 Å². The minimum atomic E-state index is -0.240. The molecule has 26 heavy (non-hydrogen) atoms. The molecule has 6 nitrogen and oxygen atoms in total. The van der Waals surface area contributed by atoms with Crippen LogP contribution in [0.25, 0.3) is 11.3 Å². The van der Waals surface area contributed by atoms with Crippen LogP contribution in [-0.2, 0) is 4.74 Å². The molecule has 0 N–H and O–H groups in total. The standard InChI is InChI=1S/C19H24ClN3O3/c1-4-25-19(24)22-8-9-23(13(2)12-22)14(3)17-11-18(26-21-17)15-6-5-7-16(20)10-15/h5-7,10-11,13-14H,4,8-9,12H2,1-3H3/t13-,14?/m0/s1. The van der Waals surface area contributed by atoms with Crippen molar-refractivity contribution in [3.8, 4) is 11.3 Å². The van der Waals surface area contributed by atoms with Crippen molar-refractivity contribution in [3.63, 3.8) is 0 Å². The van der Waals surface area contributed by atoms with E-state index >= 15 is 0 Å². The van der Waals surface area contributed by atoms with Gasteiger partial charge in [-0.2, -0.15) is 0 Å². The van der Waals surface area contributed by atoms with Gasteiger partial charge in [-0.3, -0.25) is 4.90 Å². The normalized spacial score (nSPS) is 19.4. The van der Waals surface area contributed by atoms with Crippen molar-refractivity contribution in [2.45, 2.75) is 32.9 Å². The van der Waals surface area contributed by atoms with Crippen molar-refractivity contribution in [1.82, 2.24) is 15.0 Å². The predicted octanol–water partition coefficient (Wildman–Crippen LogP) is 4.22. The zero-order chi connectivity index (χ0) is 18.7. The molecule has 0 radical (unpaired) electrons. The first kappa shape index (κ1) is 18.7. The molecule has 1 fully saturated rings. The quantitative estimate of drug-likeness (QED) is 0.798. The van der Waals surface area contributed by atoms with Gasteiger partial charge in [-0.1, -0.05) is 28.9 Å². The van der Waals surface area contributed by atoms with Crippen molar-refractivity contribution >= 4 is 17.7 Å². The van der Waals surface area contributed by atoms with Gasteiger partial charge in [0, 0.05) is 42.3 Å². The molecule has 2 atom stereocenters. The summed E-state index contributed by atoms with van der Waals surface area (Å²) in [4.78, 5) is 16.0. The lowest BCUT2D eigenvalue weighted by Gasteiger charge is -2.41. The molecule has 0 bridgehead atoms. The van der Waals surface area contributed by atoms with E-state index in [-0.39, 0.29) is 18.2 Å². The second kappa shape index (κ2) is 8.10. The largest absolute Gasteiger partial charge is 0.450 e. The number of hydrogen-bond acceptors (Lipinski definition) is 5. The number of amides is 1. The van der Waals surface area contributed by atoms with Crippen molar-refractivity contribution in [1.29, 1.82) is 0 Å². The van der Waals surface area contributed by atoms with E-state index in [1.165, 1.54) is 0 Å². The molecule has 1 aliphatic heterocycles. The van der Waals surface area contributed by atoms with E-state index in [0.717, 1.165) is 17.8 Å². The number of rotatable bonds is 4. The SMILES string of the molecule is CCOC(=O)N1CCN(C(C)c2cc(-c3cccc(Cl)c3)on2)[C@@H](C)C1. The van der Waals surface area contributed by atoms with Gasteiger partial charge in [0.2, 0.25) is 0 Å². The van der Waals surface area contributed by atoms with Gasteiger partial charge in [-0.05, 0) is 32.9 Å². The lowest BCUT2D eigenvalue weighted by molar-refractivity contribution is 0.0390. The molecule has 1 amide bonds. The number of piperazine rings is 1. The molecule has 1 aliphatic rings. The number of carbonyl (C=O) groups is 1. The summed E-state index contributed by atoms with van der Waals surface area (Å²) in [5.41, 5.74) is 1.78. The summed E-state index contributed by atoms with van der Waals surface area (Å²) in [5, 5.41) is 4.91. The number of ether oxygens (including phenoxy) is 1. The Bertz CT molecular complexity index is 764. The summed E-state index contributed by atoms with van der Waals surface area (Å²) in [6, 6.07) is 9.77. The van der Waals surface area contributed by atoms with E-state index < -0.39 is 0 Å². The summed E-state index contributed by atoms with van der Waals surface area (Å²) in [5.74, 6) is 0.701. The molecule has 0 saturated carbocycles. The van der Waals surface area contributed by atoms with Crippen LogP contribution in [0.1, 0.15) is 32.5 Å². The van der Waals surface area contributed by atoms with Crippen LogP contribution in [0.5, 0.6) is 0 Å². The highest BCUT2D eigenvalue weighted by Gasteiger charge is 2.31. The van der Waals surface area contributed by atoms with Gasteiger partial charge in [-0.25, -0.2) is 4.79 Å². The Kier molecular flexibility index (Phi) is 5.84. The molecular weight excluding hydrogens is 354 g/mol. The molecule has 2 heterocycles. The molecule has 1 unspecified atom stereocenters. The first-order valence-corrected chi connectivity index (χ1v) is 9.27. The number of benzene rings is 1. The number of halogens is 1. The Labute approximate surface area is 158 Å². The minimum Gasteiger partial charge on any atom is -0.450 e. The number of carbonyl (C=O) groups excluding carboxylic acids is 1. The Morgan fingerprint density at radius 1 is 1.42 bits per heavy atom. The van der Waals surface area contributed by atoms with Crippen LogP contribution in [0.2, 0.25) is 5.02 Å². The van der Waals surface area contributed by atoms with Crippen LogP contribution < -0.4 is 0 Å². The highest BCUT2D eigenvalue weighted by Crippen LogP contribution is 2.29. The maximum absolute atomic E-state index is 11.9. The van der Waals surface area contributed by atoms with Crippen molar-refractivity contribution in [3.05, 3.63) is 41.0 Å². The van der Waals surface area contributed by atoms with Crippen molar-refractivity contribution < 1.29 is 14.1 Å². The van der Waals surface area contributed by atoms with Crippen LogP contribution in [-0.4, -0.2) is 53.3 Å². The first-order valence-electron chi connectivity index (χ1n) is 8.89. The molecule has 7 heteroatoms. The third-order valence-corrected chi connectivity index (χ3v) is 5.00. The Morgan fingerprint density at radius 3 is 2.92 bits per heavy atom. The highest BCUT2D eigenvalue weighted by molar-refractivity contribution is 6.30.